The van der Waals surface area contributed by atoms with E-state index in [-0.39, 0.29) is 11.5 Å². The molecule has 0 rings (SSSR count). The van der Waals surface area contributed by atoms with E-state index >= 15 is 0 Å². The van der Waals surface area contributed by atoms with Crippen LogP contribution in [0.1, 0.15) is 27.2 Å². The maximum absolute atomic E-state index is 12.2. The van der Waals surface area contributed by atoms with Gasteiger partial charge in [-0.1, -0.05) is 45.6 Å². The highest BCUT2D eigenvalue weighted by Gasteiger charge is 2.41. The summed E-state index contributed by atoms with van der Waals surface area (Å²) >= 11 is 0. The van der Waals surface area contributed by atoms with Gasteiger partial charge in [-0.3, -0.25) is 0 Å². The van der Waals surface area contributed by atoms with Gasteiger partial charge in [0, 0.05) is 6.42 Å². The highest BCUT2D eigenvalue weighted by Crippen LogP contribution is 2.38. The van der Waals surface area contributed by atoms with Gasteiger partial charge in [0.1, 0.15) is 6.10 Å². The van der Waals surface area contributed by atoms with Crippen LogP contribution in [-0.4, -0.2) is 33.2 Å². The predicted molar refractivity (Wildman–Crippen MR) is 83.0 cm³/mol. The molecule has 0 saturated carbocycles. The fraction of sp³-hybridized carbons (Fsp3) is 0.667. The zero-order chi connectivity index (χ0) is 17.8. The second-order valence-corrected chi connectivity index (χ2v) is 11.4. The molecule has 0 unspecified atom stereocenters. The number of hydrogen-bond acceptors (Lipinski definition) is 3. The number of esters is 1. The summed E-state index contributed by atoms with van der Waals surface area (Å²) in [6.07, 6.45) is -4.16. The number of alkyl halides is 3. The normalized spacial score (nSPS) is 14.4. The lowest BCUT2D eigenvalue weighted by Gasteiger charge is -2.38. The van der Waals surface area contributed by atoms with Crippen LogP contribution in [0.5, 0.6) is 0 Å². The van der Waals surface area contributed by atoms with E-state index in [0.29, 0.717) is 5.57 Å². The van der Waals surface area contributed by atoms with Crippen molar-refractivity contribution >= 4 is 14.3 Å². The van der Waals surface area contributed by atoms with Gasteiger partial charge >= 0.3 is 12.1 Å². The van der Waals surface area contributed by atoms with E-state index in [4.69, 9.17) is 4.43 Å². The quantitative estimate of drug-likeness (QED) is 0.386. The Labute approximate surface area is 131 Å². The molecule has 0 bridgehead atoms. The molecule has 3 nitrogen and oxygen atoms in total. The van der Waals surface area contributed by atoms with Crippen molar-refractivity contribution in [2.75, 3.05) is 6.61 Å². The summed E-state index contributed by atoms with van der Waals surface area (Å²) in [5.74, 6) is -1.02. The molecule has 0 aromatic heterocycles. The number of allylic oxidation sites excluding steroid dienone is 1. The van der Waals surface area contributed by atoms with E-state index in [1.54, 1.807) is 0 Å². The molecule has 0 heterocycles. The molecule has 128 valence electrons. The first-order valence-corrected chi connectivity index (χ1v) is 9.82. The third-order valence-electron chi connectivity index (χ3n) is 3.62. The van der Waals surface area contributed by atoms with Crippen LogP contribution in [0.3, 0.4) is 0 Å². The van der Waals surface area contributed by atoms with Crippen LogP contribution in [0.4, 0.5) is 13.2 Å². The van der Waals surface area contributed by atoms with Crippen LogP contribution in [0.2, 0.25) is 18.1 Å². The average molecular weight is 338 g/mol. The molecule has 0 N–H and O–H groups in total. The van der Waals surface area contributed by atoms with Crippen molar-refractivity contribution in [1.82, 2.24) is 0 Å². The molecule has 0 aliphatic rings. The van der Waals surface area contributed by atoms with Crippen LogP contribution in [0.25, 0.3) is 0 Å². The average Bonchev–Trinajstić information content (AvgIpc) is 2.32. The van der Waals surface area contributed by atoms with Crippen molar-refractivity contribution in [3.8, 4) is 0 Å². The van der Waals surface area contributed by atoms with E-state index in [9.17, 15) is 18.0 Å². The summed E-state index contributed by atoms with van der Waals surface area (Å²) in [6, 6.07) is 0. The lowest BCUT2D eigenvalue weighted by molar-refractivity contribution is -0.191. The summed E-state index contributed by atoms with van der Waals surface area (Å²) in [4.78, 5) is 11.9. The Kier molecular flexibility index (Phi) is 7.09. The molecule has 22 heavy (non-hydrogen) atoms. The maximum Gasteiger partial charge on any atom is 0.422 e. The molecule has 0 aromatic carbocycles. The first-order valence-electron chi connectivity index (χ1n) is 6.91. The van der Waals surface area contributed by atoms with Gasteiger partial charge < -0.3 is 9.16 Å². The van der Waals surface area contributed by atoms with Crippen molar-refractivity contribution in [3.63, 3.8) is 0 Å². The topological polar surface area (TPSA) is 35.5 Å². The lowest BCUT2D eigenvalue weighted by atomic mass is 10.1. The Morgan fingerprint density at radius 3 is 2.14 bits per heavy atom. The van der Waals surface area contributed by atoms with Crippen molar-refractivity contribution in [3.05, 3.63) is 24.8 Å². The van der Waals surface area contributed by atoms with Gasteiger partial charge in [-0.2, -0.15) is 13.2 Å². The number of ether oxygens (including phenoxy) is 1. The Balaban J connectivity index is 5.09. The summed E-state index contributed by atoms with van der Waals surface area (Å²) in [6.45, 7) is 15.3. The zero-order valence-electron chi connectivity index (χ0n) is 13.8. The monoisotopic (exact) mass is 338 g/mol. The second-order valence-electron chi connectivity index (χ2n) is 6.66. The molecule has 0 radical (unpaired) electrons. The van der Waals surface area contributed by atoms with Crippen molar-refractivity contribution in [1.29, 1.82) is 0 Å². The molecular weight excluding hydrogens is 313 g/mol. The predicted octanol–water partition coefficient (Wildman–Crippen LogP) is 4.61. The third kappa shape index (κ3) is 7.26. The van der Waals surface area contributed by atoms with E-state index in [1.807, 2.05) is 33.9 Å². The van der Waals surface area contributed by atoms with Crippen LogP contribution in [0.15, 0.2) is 24.8 Å². The molecular formula is C15H25F3O3Si. The third-order valence-corrected chi connectivity index (χ3v) is 8.11. The minimum atomic E-state index is -4.56. The number of carbonyl (C=O) groups is 1. The molecule has 0 aromatic rings. The number of carbonyl (C=O) groups excluding carboxylic acids is 1. The smallest absolute Gasteiger partial charge is 0.422 e. The molecule has 7 heteroatoms. The minimum Gasteiger partial charge on any atom is -0.454 e. The maximum atomic E-state index is 12.2. The van der Waals surface area contributed by atoms with Gasteiger partial charge in [-0.15, -0.1) is 0 Å². The summed E-state index contributed by atoms with van der Waals surface area (Å²) < 4.78 is 46.8. The Morgan fingerprint density at radius 2 is 1.77 bits per heavy atom. The SMILES string of the molecule is C=CC(=C)C[C@@H](O[Si](C)(C)C(C)(C)C)C(=O)OCC(F)(F)F. The number of hydrogen-bond donors (Lipinski definition) is 0. The Bertz CT molecular complexity index is 423. The van der Waals surface area contributed by atoms with E-state index < -0.39 is 33.2 Å². The van der Waals surface area contributed by atoms with Crippen LogP contribution >= 0.6 is 0 Å². The molecule has 1 atom stereocenters. The Hall–Kier alpha value is -1.08. The number of rotatable bonds is 7. The first-order chi connectivity index (χ1) is 9.69. The highest BCUT2D eigenvalue weighted by molar-refractivity contribution is 6.74. The van der Waals surface area contributed by atoms with Crippen LogP contribution in [-0.2, 0) is 14.0 Å². The van der Waals surface area contributed by atoms with Crippen molar-refractivity contribution in [2.24, 2.45) is 0 Å². The largest absolute Gasteiger partial charge is 0.454 e. The van der Waals surface area contributed by atoms with Crippen molar-refractivity contribution < 1.29 is 27.1 Å². The van der Waals surface area contributed by atoms with Crippen LogP contribution < -0.4 is 0 Å². The summed E-state index contributed by atoms with van der Waals surface area (Å²) in [5, 5.41) is -0.189. The van der Waals surface area contributed by atoms with Gasteiger partial charge in [0.15, 0.2) is 14.9 Å². The molecule has 0 aliphatic heterocycles. The van der Waals surface area contributed by atoms with Crippen LogP contribution in [0, 0.1) is 0 Å². The number of halogens is 3. The van der Waals surface area contributed by atoms with Gasteiger partial charge in [0.2, 0.25) is 0 Å². The summed E-state index contributed by atoms with van der Waals surface area (Å²) in [7, 11) is -2.34. The standard InChI is InChI=1S/C15H25F3O3Si/c1-8-11(2)9-12(13(19)20-10-15(16,17)18)21-22(6,7)14(3,4)5/h8,12H,1-2,9-10H2,3-7H3/t12-/m1/s1. The molecule has 0 saturated heterocycles. The Morgan fingerprint density at radius 1 is 1.27 bits per heavy atom. The highest BCUT2D eigenvalue weighted by atomic mass is 28.4. The van der Waals surface area contributed by atoms with E-state index in [2.05, 4.69) is 17.9 Å². The summed E-state index contributed by atoms with van der Waals surface area (Å²) in [5.41, 5.74) is 0.507. The van der Waals surface area contributed by atoms with E-state index in [1.165, 1.54) is 6.08 Å². The van der Waals surface area contributed by atoms with Gasteiger partial charge in [0.25, 0.3) is 0 Å². The van der Waals surface area contributed by atoms with Gasteiger partial charge in [-0.05, 0) is 18.1 Å². The fourth-order valence-electron chi connectivity index (χ4n) is 1.27. The van der Waals surface area contributed by atoms with E-state index in [0.717, 1.165) is 0 Å². The second kappa shape index (κ2) is 7.46. The van der Waals surface area contributed by atoms with Gasteiger partial charge in [-0.25, -0.2) is 4.79 Å². The zero-order valence-corrected chi connectivity index (χ0v) is 14.8. The first kappa shape index (κ1) is 20.9. The fourth-order valence-corrected chi connectivity index (χ4v) is 2.52. The van der Waals surface area contributed by atoms with Gasteiger partial charge in [0.05, 0.1) is 0 Å². The molecule has 0 aliphatic carbocycles. The molecule has 0 fully saturated rings. The molecule has 0 amide bonds. The van der Waals surface area contributed by atoms with Crippen molar-refractivity contribution in [2.45, 2.75) is 57.6 Å². The lowest BCUT2D eigenvalue weighted by Crippen LogP contribution is -2.46. The molecule has 0 spiro atoms. The minimum absolute atomic E-state index is 0.0622.